The lowest BCUT2D eigenvalue weighted by Gasteiger charge is -2.08. The predicted molar refractivity (Wildman–Crippen MR) is 74.3 cm³/mol. The first-order chi connectivity index (χ1) is 8.03. The number of thioether (sulfide) groups is 1. The molecule has 17 heavy (non-hydrogen) atoms. The Morgan fingerprint density at radius 2 is 2.24 bits per heavy atom. The molecule has 0 saturated carbocycles. The van der Waals surface area contributed by atoms with E-state index in [1.165, 1.54) is 6.26 Å². The van der Waals surface area contributed by atoms with Crippen molar-refractivity contribution in [3.05, 3.63) is 23.9 Å². The first-order valence-corrected chi connectivity index (χ1v) is 8.67. The van der Waals surface area contributed by atoms with Crippen LogP contribution in [0.3, 0.4) is 0 Å². The zero-order valence-corrected chi connectivity index (χ0v) is 11.8. The minimum atomic E-state index is -2.85. The van der Waals surface area contributed by atoms with E-state index in [1.54, 1.807) is 18.0 Å². The van der Waals surface area contributed by atoms with Crippen molar-refractivity contribution in [1.29, 1.82) is 0 Å². The van der Waals surface area contributed by atoms with Crippen molar-refractivity contribution in [2.75, 3.05) is 29.6 Å². The Hall–Kier alpha value is -0.750. The molecular formula is C11H18N2O2S2. The number of rotatable bonds is 7. The van der Waals surface area contributed by atoms with Crippen molar-refractivity contribution in [3.8, 4) is 0 Å². The lowest BCUT2D eigenvalue weighted by atomic mass is 10.3. The largest absolute Gasteiger partial charge is 0.370 e. The minimum absolute atomic E-state index is 0.231. The summed E-state index contributed by atoms with van der Waals surface area (Å²) in [6.07, 6.45) is 3.02. The van der Waals surface area contributed by atoms with Crippen LogP contribution < -0.4 is 5.32 Å². The molecule has 0 unspecified atom stereocenters. The summed E-state index contributed by atoms with van der Waals surface area (Å²) in [6.45, 7) is 2.85. The second kappa shape index (κ2) is 6.86. The van der Waals surface area contributed by atoms with E-state index < -0.39 is 9.84 Å². The SMILES string of the molecule is CCNc1ncccc1CSCCS(C)(=O)=O. The minimum Gasteiger partial charge on any atom is -0.370 e. The molecule has 96 valence electrons. The fourth-order valence-electron chi connectivity index (χ4n) is 1.27. The van der Waals surface area contributed by atoms with Crippen molar-refractivity contribution in [2.24, 2.45) is 0 Å². The van der Waals surface area contributed by atoms with Crippen LogP contribution in [0, 0.1) is 0 Å². The highest BCUT2D eigenvalue weighted by atomic mass is 32.2. The molecule has 1 heterocycles. The molecule has 0 amide bonds. The Balaban J connectivity index is 2.46. The van der Waals surface area contributed by atoms with Gasteiger partial charge < -0.3 is 5.32 Å². The Morgan fingerprint density at radius 1 is 1.47 bits per heavy atom. The Kier molecular flexibility index (Phi) is 5.77. The van der Waals surface area contributed by atoms with Crippen LogP contribution in [-0.2, 0) is 15.6 Å². The summed E-state index contributed by atoms with van der Waals surface area (Å²) in [7, 11) is -2.85. The molecule has 0 aliphatic heterocycles. The molecule has 0 aliphatic carbocycles. The van der Waals surface area contributed by atoms with Gasteiger partial charge in [-0.05, 0) is 13.0 Å². The second-order valence-electron chi connectivity index (χ2n) is 3.72. The second-order valence-corrected chi connectivity index (χ2v) is 7.09. The molecular weight excluding hydrogens is 256 g/mol. The number of nitrogens with zero attached hydrogens (tertiary/aromatic N) is 1. The molecule has 0 radical (unpaired) electrons. The number of anilines is 1. The van der Waals surface area contributed by atoms with Gasteiger partial charge in [-0.25, -0.2) is 13.4 Å². The van der Waals surface area contributed by atoms with Gasteiger partial charge in [0.2, 0.25) is 0 Å². The summed E-state index contributed by atoms with van der Waals surface area (Å²) in [6, 6.07) is 3.91. The normalized spacial score (nSPS) is 11.4. The van der Waals surface area contributed by atoms with Crippen LogP contribution in [0.5, 0.6) is 0 Å². The van der Waals surface area contributed by atoms with Gasteiger partial charge in [0.15, 0.2) is 0 Å². The van der Waals surface area contributed by atoms with Crippen LogP contribution in [0.15, 0.2) is 18.3 Å². The Bertz CT molecular complexity index is 447. The van der Waals surface area contributed by atoms with Gasteiger partial charge in [-0.3, -0.25) is 0 Å². The molecule has 0 atom stereocenters. The van der Waals surface area contributed by atoms with Crippen LogP contribution in [0.4, 0.5) is 5.82 Å². The number of sulfone groups is 1. The average Bonchev–Trinajstić information content (AvgIpc) is 2.25. The number of aromatic nitrogens is 1. The molecule has 0 saturated heterocycles. The molecule has 4 nitrogen and oxygen atoms in total. The quantitative estimate of drug-likeness (QED) is 0.768. The zero-order chi connectivity index (χ0) is 12.7. The van der Waals surface area contributed by atoms with Crippen LogP contribution in [0.25, 0.3) is 0 Å². The van der Waals surface area contributed by atoms with E-state index in [0.29, 0.717) is 5.75 Å². The van der Waals surface area contributed by atoms with Crippen LogP contribution in [0.1, 0.15) is 12.5 Å². The summed E-state index contributed by atoms with van der Waals surface area (Å²) in [5.41, 5.74) is 1.12. The fraction of sp³-hybridized carbons (Fsp3) is 0.545. The first kappa shape index (κ1) is 14.3. The lowest BCUT2D eigenvalue weighted by Crippen LogP contribution is -2.06. The third kappa shape index (κ3) is 5.93. The van der Waals surface area contributed by atoms with Gasteiger partial charge in [-0.1, -0.05) is 6.07 Å². The molecule has 0 aromatic carbocycles. The topological polar surface area (TPSA) is 59.1 Å². The highest BCUT2D eigenvalue weighted by Crippen LogP contribution is 2.18. The van der Waals surface area contributed by atoms with Gasteiger partial charge in [-0.15, -0.1) is 0 Å². The molecule has 0 spiro atoms. The third-order valence-corrected chi connectivity index (χ3v) is 4.30. The molecule has 1 N–H and O–H groups in total. The first-order valence-electron chi connectivity index (χ1n) is 5.46. The molecule has 0 aliphatic rings. The zero-order valence-electron chi connectivity index (χ0n) is 10.1. The van der Waals surface area contributed by atoms with E-state index in [1.807, 2.05) is 19.1 Å². The standard InChI is InChI=1S/C11H18N2O2S2/c1-3-12-11-10(5-4-6-13-11)9-16-7-8-17(2,14)15/h4-6H,3,7-9H2,1-2H3,(H,12,13). The summed E-state index contributed by atoms with van der Waals surface area (Å²) < 4.78 is 21.9. The van der Waals surface area contributed by atoms with Crippen molar-refractivity contribution in [1.82, 2.24) is 4.98 Å². The Morgan fingerprint density at radius 3 is 2.88 bits per heavy atom. The number of nitrogens with one attached hydrogen (secondary N) is 1. The summed E-state index contributed by atoms with van der Waals surface area (Å²) >= 11 is 1.61. The highest BCUT2D eigenvalue weighted by molar-refractivity contribution is 7.99. The molecule has 1 aromatic rings. The summed E-state index contributed by atoms with van der Waals surface area (Å²) in [4.78, 5) is 4.25. The van der Waals surface area contributed by atoms with Crippen molar-refractivity contribution < 1.29 is 8.42 Å². The monoisotopic (exact) mass is 274 g/mol. The van der Waals surface area contributed by atoms with E-state index in [-0.39, 0.29) is 5.75 Å². The van der Waals surface area contributed by atoms with Gasteiger partial charge in [0.05, 0.1) is 5.75 Å². The smallest absolute Gasteiger partial charge is 0.148 e. The fourth-order valence-corrected chi connectivity index (χ4v) is 3.55. The van der Waals surface area contributed by atoms with E-state index in [2.05, 4.69) is 10.3 Å². The van der Waals surface area contributed by atoms with Gasteiger partial charge in [0, 0.05) is 36.1 Å². The maximum Gasteiger partial charge on any atom is 0.148 e. The van der Waals surface area contributed by atoms with Crippen LogP contribution in [0.2, 0.25) is 0 Å². The van der Waals surface area contributed by atoms with E-state index in [4.69, 9.17) is 0 Å². The molecule has 1 rings (SSSR count). The van der Waals surface area contributed by atoms with E-state index >= 15 is 0 Å². The maximum atomic E-state index is 11.0. The van der Waals surface area contributed by atoms with Gasteiger partial charge in [-0.2, -0.15) is 11.8 Å². The van der Waals surface area contributed by atoms with Gasteiger partial charge >= 0.3 is 0 Å². The average molecular weight is 274 g/mol. The maximum absolute atomic E-state index is 11.0. The lowest BCUT2D eigenvalue weighted by molar-refractivity contribution is 0.603. The van der Waals surface area contributed by atoms with Crippen LogP contribution >= 0.6 is 11.8 Å². The van der Waals surface area contributed by atoms with Crippen LogP contribution in [-0.4, -0.2) is 37.7 Å². The molecule has 0 bridgehead atoms. The molecule has 1 aromatic heterocycles. The molecule has 6 heteroatoms. The number of hydrogen-bond donors (Lipinski definition) is 1. The number of pyridine rings is 1. The van der Waals surface area contributed by atoms with Gasteiger partial charge in [0.25, 0.3) is 0 Å². The third-order valence-electron chi connectivity index (χ3n) is 2.09. The summed E-state index contributed by atoms with van der Waals surface area (Å²) in [5.74, 6) is 2.53. The molecule has 0 fully saturated rings. The predicted octanol–water partition coefficient (Wildman–Crippen LogP) is 1.79. The van der Waals surface area contributed by atoms with Crippen molar-refractivity contribution in [3.63, 3.8) is 0 Å². The van der Waals surface area contributed by atoms with E-state index in [0.717, 1.165) is 23.7 Å². The highest BCUT2D eigenvalue weighted by Gasteiger charge is 2.04. The number of hydrogen-bond acceptors (Lipinski definition) is 5. The Labute approximate surface area is 107 Å². The van der Waals surface area contributed by atoms with E-state index in [9.17, 15) is 8.42 Å². The van der Waals surface area contributed by atoms with Crippen molar-refractivity contribution >= 4 is 27.4 Å². The van der Waals surface area contributed by atoms with Crippen molar-refractivity contribution in [2.45, 2.75) is 12.7 Å². The van der Waals surface area contributed by atoms with Gasteiger partial charge in [0.1, 0.15) is 15.7 Å². The summed E-state index contributed by atoms with van der Waals surface area (Å²) in [5, 5.41) is 3.19.